The normalized spacial score (nSPS) is 20.4. The summed E-state index contributed by atoms with van der Waals surface area (Å²) in [6.45, 7) is 2.53. The van der Waals surface area contributed by atoms with E-state index in [0.717, 1.165) is 19.4 Å². The lowest BCUT2D eigenvalue weighted by Gasteiger charge is -2.23. The van der Waals surface area contributed by atoms with Gasteiger partial charge >= 0.3 is 11.8 Å². The van der Waals surface area contributed by atoms with Gasteiger partial charge in [0, 0.05) is 52.4 Å². The molecule has 0 aromatic carbocycles. The average Bonchev–Trinajstić information content (AvgIpc) is 3.32. The molecular weight excluding hydrogens is 346 g/mol. The summed E-state index contributed by atoms with van der Waals surface area (Å²) >= 11 is 5.88. The van der Waals surface area contributed by atoms with E-state index < -0.39 is 11.8 Å². The minimum absolute atomic E-state index is 0.0387. The van der Waals surface area contributed by atoms with Crippen LogP contribution in [0.2, 0.25) is 5.02 Å². The summed E-state index contributed by atoms with van der Waals surface area (Å²) in [5.41, 5.74) is 0. The molecule has 1 aromatic heterocycles. The van der Waals surface area contributed by atoms with Crippen LogP contribution in [0.4, 0.5) is 0 Å². The minimum atomic E-state index is -0.536. The fourth-order valence-corrected chi connectivity index (χ4v) is 3.41. The van der Waals surface area contributed by atoms with Crippen LogP contribution >= 0.6 is 11.6 Å². The van der Waals surface area contributed by atoms with Crippen LogP contribution in [0.25, 0.3) is 0 Å². The highest BCUT2D eigenvalue weighted by Crippen LogP contribution is 2.22. The molecule has 9 heteroatoms. The average molecular weight is 368 g/mol. The van der Waals surface area contributed by atoms with Crippen LogP contribution in [0.5, 0.6) is 0 Å². The van der Waals surface area contributed by atoms with E-state index in [1.807, 2.05) is 0 Å². The van der Waals surface area contributed by atoms with E-state index in [0.29, 0.717) is 37.6 Å². The molecule has 3 rings (SSSR count). The van der Waals surface area contributed by atoms with Gasteiger partial charge in [0.05, 0.1) is 17.3 Å². The van der Waals surface area contributed by atoms with E-state index in [1.54, 1.807) is 33.9 Å². The van der Waals surface area contributed by atoms with Crippen LogP contribution in [0.3, 0.4) is 0 Å². The molecule has 2 saturated heterocycles. The highest BCUT2D eigenvalue weighted by molar-refractivity contribution is 6.34. The minimum Gasteiger partial charge on any atom is -0.341 e. The molecule has 0 bridgehead atoms. The van der Waals surface area contributed by atoms with E-state index in [-0.39, 0.29) is 11.9 Å². The van der Waals surface area contributed by atoms with E-state index >= 15 is 0 Å². The smallest absolute Gasteiger partial charge is 0.312 e. The number of likely N-dealkylation sites (N-methyl/N-ethyl adjacent to an activating group) is 1. The van der Waals surface area contributed by atoms with Crippen molar-refractivity contribution in [1.82, 2.24) is 24.5 Å². The van der Waals surface area contributed by atoms with Crippen LogP contribution in [0.15, 0.2) is 12.4 Å². The Morgan fingerprint density at radius 1 is 1.40 bits per heavy atom. The Hall–Kier alpha value is -2.09. The van der Waals surface area contributed by atoms with Gasteiger partial charge < -0.3 is 14.7 Å². The van der Waals surface area contributed by atoms with Gasteiger partial charge in [-0.05, 0) is 12.8 Å². The van der Waals surface area contributed by atoms with Crippen molar-refractivity contribution in [2.24, 2.45) is 0 Å². The predicted molar refractivity (Wildman–Crippen MR) is 90.9 cm³/mol. The zero-order valence-electron chi connectivity index (χ0n) is 14.2. The fourth-order valence-electron chi connectivity index (χ4n) is 3.27. The zero-order chi connectivity index (χ0) is 18.0. The van der Waals surface area contributed by atoms with Crippen LogP contribution in [-0.4, -0.2) is 82.0 Å². The second-order valence-electron chi connectivity index (χ2n) is 6.54. The molecule has 0 aliphatic carbocycles. The Bertz CT molecular complexity index is 676. The van der Waals surface area contributed by atoms with E-state index in [2.05, 4.69) is 5.10 Å². The van der Waals surface area contributed by atoms with Crippen LogP contribution in [-0.2, 0) is 14.4 Å². The fraction of sp³-hybridized carbons (Fsp3) is 0.625. The highest BCUT2D eigenvalue weighted by Gasteiger charge is 2.33. The number of hydrogen-bond donors (Lipinski definition) is 0. The Morgan fingerprint density at radius 2 is 2.20 bits per heavy atom. The quantitative estimate of drug-likeness (QED) is 0.721. The first-order valence-electron chi connectivity index (χ1n) is 8.47. The number of halogens is 1. The second kappa shape index (κ2) is 7.43. The van der Waals surface area contributed by atoms with Crippen molar-refractivity contribution in [2.75, 3.05) is 39.8 Å². The standard InChI is InChI=1S/C16H22ClN5O3/c1-19(7-8-20-5-2-3-14(20)23)15(24)16(25)21-6-4-13(11-21)22-10-12(17)9-18-22/h9-10,13H,2-8,11H2,1H3. The molecule has 0 radical (unpaired) electrons. The van der Waals surface area contributed by atoms with Crippen molar-refractivity contribution >= 4 is 29.3 Å². The van der Waals surface area contributed by atoms with Crippen LogP contribution in [0, 0.1) is 0 Å². The second-order valence-corrected chi connectivity index (χ2v) is 6.98. The molecule has 0 spiro atoms. The van der Waals surface area contributed by atoms with Crippen LogP contribution in [0.1, 0.15) is 25.3 Å². The molecule has 25 heavy (non-hydrogen) atoms. The van der Waals surface area contributed by atoms with Gasteiger partial charge in [-0.25, -0.2) is 0 Å². The van der Waals surface area contributed by atoms with Gasteiger partial charge in [-0.2, -0.15) is 5.10 Å². The Morgan fingerprint density at radius 3 is 2.84 bits per heavy atom. The topological polar surface area (TPSA) is 78.8 Å². The molecule has 2 aliphatic heterocycles. The lowest BCUT2D eigenvalue weighted by Crippen LogP contribution is -2.45. The third-order valence-electron chi connectivity index (χ3n) is 4.80. The third-order valence-corrected chi connectivity index (χ3v) is 5.00. The summed E-state index contributed by atoms with van der Waals surface area (Å²) in [6.07, 6.45) is 5.46. The zero-order valence-corrected chi connectivity index (χ0v) is 15.0. The maximum absolute atomic E-state index is 12.4. The van der Waals surface area contributed by atoms with E-state index in [4.69, 9.17) is 11.6 Å². The maximum atomic E-state index is 12.4. The van der Waals surface area contributed by atoms with Crippen molar-refractivity contribution < 1.29 is 14.4 Å². The monoisotopic (exact) mass is 367 g/mol. The van der Waals surface area contributed by atoms with Crippen molar-refractivity contribution in [3.8, 4) is 0 Å². The van der Waals surface area contributed by atoms with Gasteiger partial charge in [-0.15, -0.1) is 0 Å². The predicted octanol–water partition coefficient (Wildman–Crippen LogP) is 0.391. The molecule has 0 N–H and O–H groups in total. The van der Waals surface area contributed by atoms with Crippen molar-refractivity contribution in [3.05, 3.63) is 17.4 Å². The molecule has 3 heterocycles. The van der Waals surface area contributed by atoms with Gasteiger partial charge in [0.25, 0.3) is 0 Å². The summed E-state index contributed by atoms with van der Waals surface area (Å²) in [7, 11) is 1.60. The first-order valence-corrected chi connectivity index (χ1v) is 8.85. The van der Waals surface area contributed by atoms with Crippen molar-refractivity contribution in [3.63, 3.8) is 0 Å². The number of carbonyl (C=O) groups excluding carboxylic acids is 3. The number of nitrogens with zero attached hydrogens (tertiary/aromatic N) is 5. The molecule has 136 valence electrons. The van der Waals surface area contributed by atoms with E-state index in [9.17, 15) is 14.4 Å². The lowest BCUT2D eigenvalue weighted by atomic mass is 10.3. The molecule has 2 aliphatic rings. The van der Waals surface area contributed by atoms with Crippen molar-refractivity contribution in [2.45, 2.75) is 25.3 Å². The maximum Gasteiger partial charge on any atom is 0.312 e. The molecular formula is C16H22ClN5O3. The largest absolute Gasteiger partial charge is 0.341 e. The van der Waals surface area contributed by atoms with Crippen LogP contribution < -0.4 is 0 Å². The lowest BCUT2D eigenvalue weighted by molar-refractivity contribution is -0.150. The first kappa shape index (κ1) is 17.7. The number of likely N-dealkylation sites (tertiary alicyclic amines) is 2. The van der Waals surface area contributed by atoms with Crippen molar-refractivity contribution in [1.29, 1.82) is 0 Å². The number of carbonyl (C=O) groups is 3. The SMILES string of the molecule is CN(CCN1CCCC1=O)C(=O)C(=O)N1CCC(n2cc(Cl)cn2)C1. The van der Waals surface area contributed by atoms with Gasteiger partial charge in [0.2, 0.25) is 5.91 Å². The summed E-state index contributed by atoms with van der Waals surface area (Å²) in [4.78, 5) is 41.1. The molecule has 1 atom stereocenters. The molecule has 1 aromatic rings. The summed E-state index contributed by atoms with van der Waals surface area (Å²) in [5.74, 6) is -0.922. The first-order chi connectivity index (χ1) is 12.0. The number of hydrogen-bond acceptors (Lipinski definition) is 4. The Kier molecular flexibility index (Phi) is 5.27. The summed E-state index contributed by atoms with van der Waals surface area (Å²) in [6, 6.07) is 0.0387. The Labute approximate surface area is 151 Å². The van der Waals surface area contributed by atoms with Gasteiger partial charge in [0.15, 0.2) is 0 Å². The number of amides is 3. The molecule has 1 unspecified atom stereocenters. The van der Waals surface area contributed by atoms with Gasteiger partial charge in [0.1, 0.15) is 0 Å². The van der Waals surface area contributed by atoms with Gasteiger partial charge in [-0.3, -0.25) is 19.1 Å². The number of rotatable bonds is 4. The highest BCUT2D eigenvalue weighted by atomic mass is 35.5. The molecule has 3 amide bonds. The summed E-state index contributed by atoms with van der Waals surface area (Å²) < 4.78 is 1.74. The number of aromatic nitrogens is 2. The third kappa shape index (κ3) is 3.95. The summed E-state index contributed by atoms with van der Waals surface area (Å²) in [5, 5.41) is 4.72. The molecule has 2 fully saturated rings. The molecule has 8 nitrogen and oxygen atoms in total. The van der Waals surface area contributed by atoms with Gasteiger partial charge in [-0.1, -0.05) is 11.6 Å². The Balaban J connectivity index is 1.50. The molecule has 0 saturated carbocycles. The van der Waals surface area contributed by atoms with E-state index in [1.165, 1.54) is 4.90 Å².